The van der Waals surface area contributed by atoms with Crippen molar-refractivity contribution < 1.29 is 9.47 Å². The Labute approximate surface area is 133 Å². The van der Waals surface area contributed by atoms with E-state index in [1.165, 1.54) is 5.56 Å². The van der Waals surface area contributed by atoms with E-state index in [-0.39, 0.29) is 6.10 Å². The van der Waals surface area contributed by atoms with E-state index < -0.39 is 0 Å². The number of anilines is 1. The van der Waals surface area contributed by atoms with Gasteiger partial charge in [-0.3, -0.25) is 0 Å². The van der Waals surface area contributed by atoms with Gasteiger partial charge in [-0.15, -0.1) is 0 Å². The second kappa shape index (κ2) is 8.32. The molecule has 1 atom stereocenters. The van der Waals surface area contributed by atoms with E-state index in [0.29, 0.717) is 6.61 Å². The monoisotopic (exact) mass is 299 g/mol. The molecule has 2 aromatic carbocycles. The summed E-state index contributed by atoms with van der Waals surface area (Å²) >= 11 is 0. The van der Waals surface area contributed by atoms with Gasteiger partial charge in [0.1, 0.15) is 18.1 Å². The summed E-state index contributed by atoms with van der Waals surface area (Å²) in [6, 6.07) is 16.2. The van der Waals surface area contributed by atoms with Gasteiger partial charge >= 0.3 is 0 Å². The molecule has 0 heterocycles. The van der Waals surface area contributed by atoms with Gasteiger partial charge in [-0.2, -0.15) is 0 Å². The van der Waals surface area contributed by atoms with Crippen LogP contribution in [0.2, 0.25) is 0 Å². The maximum atomic E-state index is 5.76. The number of hydrogen-bond donors (Lipinski definition) is 1. The van der Waals surface area contributed by atoms with Gasteiger partial charge in [0.05, 0.1) is 6.10 Å². The third-order valence-corrected chi connectivity index (χ3v) is 3.49. The van der Waals surface area contributed by atoms with Crippen LogP contribution in [0, 0.1) is 6.92 Å². The van der Waals surface area contributed by atoms with Crippen LogP contribution in [-0.2, 0) is 0 Å². The zero-order valence-corrected chi connectivity index (χ0v) is 13.6. The van der Waals surface area contributed by atoms with E-state index in [9.17, 15) is 0 Å². The fraction of sp³-hybridized carbons (Fsp3) is 0.368. The maximum Gasteiger partial charge on any atom is 0.119 e. The molecule has 0 saturated carbocycles. The second-order valence-electron chi connectivity index (χ2n) is 5.45. The summed E-state index contributed by atoms with van der Waals surface area (Å²) in [6.07, 6.45) is 1.26. The number of nitrogens with one attached hydrogen (secondary N) is 1. The van der Waals surface area contributed by atoms with E-state index in [1.807, 2.05) is 36.4 Å². The highest BCUT2D eigenvalue weighted by atomic mass is 16.5. The predicted molar refractivity (Wildman–Crippen MR) is 92.0 cm³/mol. The maximum absolute atomic E-state index is 5.76. The predicted octanol–water partition coefficient (Wildman–Crippen LogP) is 4.66. The Morgan fingerprint density at radius 3 is 2.23 bits per heavy atom. The Morgan fingerprint density at radius 2 is 1.59 bits per heavy atom. The van der Waals surface area contributed by atoms with Crippen LogP contribution in [0.25, 0.3) is 0 Å². The van der Waals surface area contributed by atoms with Gasteiger partial charge in [0.2, 0.25) is 0 Å². The van der Waals surface area contributed by atoms with Crippen LogP contribution in [0.4, 0.5) is 5.69 Å². The molecule has 0 fully saturated rings. The number of aryl methyl sites for hydroxylation is 1. The van der Waals surface area contributed by atoms with Crippen molar-refractivity contribution in [1.29, 1.82) is 0 Å². The minimum Gasteiger partial charge on any atom is -0.492 e. The molecule has 0 aromatic heterocycles. The number of hydrogen-bond acceptors (Lipinski definition) is 3. The van der Waals surface area contributed by atoms with Crippen molar-refractivity contribution in [3.63, 3.8) is 0 Å². The molecule has 3 nitrogen and oxygen atoms in total. The quantitative estimate of drug-likeness (QED) is 0.719. The minimum absolute atomic E-state index is 0.252. The molecule has 0 aliphatic carbocycles. The fourth-order valence-corrected chi connectivity index (χ4v) is 1.97. The summed E-state index contributed by atoms with van der Waals surface area (Å²) < 4.78 is 11.4. The van der Waals surface area contributed by atoms with Crippen molar-refractivity contribution in [3.05, 3.63) is 54.1 Å². The largest absolute Gasteiger partial charge is 0.492 e. The summed E-state index contributed by atoms with van der Waals surface area (Å²) in [5, 5.41) is 3.34. The summed E-state index contributed by atoms with van der Waals surface area (Å²) in [5.74, 6) is 1.82. The molecule has 1 N–H and O–H groups in total. The molecular formula is C19H25NO2. The zero-order chi connectivity index (χ0) is 15.8. The molecule has 1 unspecified atom stereocenters. The Hall–Kier alpha value is -2.16. The Kier molecular flexibility index (Phi) is 6.13. The summed E-state index contributed by atoms with van der Waals surface area (Å²) in [6.45, 7) is 7.66. The molecule has 2 aromatic rings. The molecule has 0 aliphatic heterocycles. The lowest BCUT2D eigenvalue weighted by molar-refractivity contribution is 0.217. The molecule has 22 heavy (non-hydrogen) atoms. The molecule has 0 amide bonds. The Morgan fingerprint density at radius 1 is 0.955 bits per heavy atom. The lowest BCUT2D eigenvalue weighted by Gasteiger charge is -2.13. The van der Waals surface area contributed by atoms with Gasteiger partial charge < -0.3 is 14.8 Å². The molecule has 0 spiro atoms. The van der Waals surface area contributed by atoms with Crippen molar-refractivity contribution in [2.24, 2.45) is 0 Å². The molecule has 3 heteroatoms. The first-order valence-corrected chi connectivity index (χ1v) is 7.87. The molecule has 2 rings (SSSR count). The molecule has 0 aliphatic rings. The number of rotatable bonds is 8. The van der Waals surface area contributed by atoms with Gasteiger partial charge in [-0.1, -0.05) is 24.6 Å². The van der Waals surface area contributed by atoms with Crippen molar-refractivity contribution in [1.82, 2.24) is 0 Å². The van der Waals surface area contributed by atoms with Gasteiger partial charge in [0.15, 0.2) is 0 Å². The van der Waals surface area contributed by atoms with E-state index in [2.05, 4.69) is 38.2 Å². The molecular weight excluding hydrogens is 274 g/mol. The first-order valence-electron chi connectivity index (χ1n) is 7.87. The average molecular weight is 299 g/mol. The van der Waals surface area contributed by atoms with Gasteiger partial charge in [-0.25, -0.2) is 0 Å². The van der Waals surface area contributed by atoms with Crippen LogP contribution in [0.3, 0.4) is 0 Å². The number of benzene rings is 2. The van der Waals surface area contributed by atoms with Crippen LogP contribution in [0.1, 0.15) is 25.8 Å². The third-order valence-electron chi connectivity index (χ3n) is 3.49. The highest BCUT2D eigenvalue weighted by Gasteiger charge is 2.01. The summed E-state index contributed by atoms with van der Waals surface area (Å²) in [5.41, 5.74) is 2.31. The molecule has 0 radical (unpaired) electrons. The smallest absolute Gasteiger partial charge is 0.119 e. The zero-order valence-electron chi connectivity index (χ0n) is 13.6. The fourth-order valence-electron chi connectivity index (χ4n) is 1.97. The normalized spacial score (nSPS) is 11.8. The van der Waals surface area contributed by atoms with Crippen molar-refractivity contribution >= 4 is 5.69 Å². The van der Waals surface area contributed by atoms with E-state index in [4.69, 9.17) is 9.47 Å². The third kappa shape index (κ3) is 5.32. The first-order chi connectivity index (χ1) is 10.7. The standard InChI is InChI=1S/C19H25NO2/c1-4-16(3)22-19-11-7-17(8-12-19)20-13-14-21-18-9-5-15(2)6-10-18/h5-12,16,20H,4,13-14H2,1-3H3. The Balaban J connectivity index is 1.71. The van der Waals surface area contributed by atoms with Crippen molar-refractivity contribution in [2.45, 2.75) is 33.3 Å². The Bertz CT molecular complexity index is 549. The highest BCUT2D eigenvalue weighted by molar-refractivity contribution is 5.46. The minimum atomic E-state index is 0.252. The van der Waals surface area contributed by atoms with Crippen LogP contribution < -0.4 is 14.8 Å². The van der Waals surface area contributed by atoms with Crippen LogP contribution >= 0.6 is 0 Å². The van der Waals surface area contributed by atoms with Gasteiger partial charge in [-0.05, 0) is 56.7 Å². The van der Waals surface area contributed by atoms with Gasteiger partial charge in [0, 0.05) is 12.2 Å². The topological polar surface area (TPSA) is 30.5 Å². The van der Waals surface area contributed by atoms with Crippen LogP contribution in [-0.4, -0.2) is 19.3 Å². The molecule has 0 saturated heterocycles. The molecule has 118 valence electrons. The average Bonchev–Trinajstić information content (AvgIpc) is 2.54. The van der Waals surface area contributed by atoms with E-state index in [1.54, 1.807) is 0 Å². The second-order valence-corrected chi connectivity index (χ2v) is 5.45. The summed E-state index contributed by atoms with van der Waals surface area (Å²) in [7, 11) is 0. The summed E-state index contributed by atoms with van der Waals surface area (Å²) in [4.78, 5) is 0. The van der Waals surface area contributed by atoms with E-state index in [0.717, 1.165) is 30.2 Å². The van der Waals surface area contributed by atoms with Crippen LogP contribution in [0.15, 0.2) is 48.5 Å². The van der Waals surface area contributed by atoms with Crippen molar-refractivity contribution in [3.8, 4) is 11.5 Å². The van der Waals surface area contributed by atoms with Crippen molar-refractivity contribution in [2.75, 3.05) is 18.5 Å². The highest BCUT2D eigenvalue weighted by Crippen LogP contribution is 2.17. The molecule has 0 bridgehead atoms. The number of ether oxygens (including phenoxy) is 2. The lowest BCUT2D eigenvalue weighted by Crippen LogP contribution is -2.12. The lowest BCUT2D eigenvalue weighted by atomic mass is 10.2. The van der Waals surface area contributed by atoms with Gasteiger partial charge in [0.25, 0.3) is 0 Å². The first kappa shape index (κ1) is 16.2. The SMILES string of the molecule is CCC(C)Oc1ccc(NCCOc2ccc(C)cc2)cc1. The van der Waals surface area contributed by atoms with E-state index >= 15 is 0 Å². The van der Waals surface area contributed by atoms with Crippen LogP contribution in [0.5, 0.6) is 11.5 Å².